The lowest BCUT2D eigenvalue weighted by atomic mass is 9.88. The van der Waals surface area contributed by atoms with Gasteiger partial charge < -0.3 is 0 Å². The monoisotopic (exact) mass is 196 g/mol. The molecule has 0 N–H and O–H groups in total. The van der Waals surface area contributed by atoms with Gasteiger partial charge in [-0.1, -0.05) is 45.1 Å². The van der Waals surface area contributed by atoms with Crippen LogP contribution in [0.15, 0.2) is 35.3 Å². The van der Waals surface area contributed by atoms with Gasteiger partial charge >= 0.3 is 0 Å². The highest BCUT2D eigenvalue weighted by Gasteiger charge is 2.09. The van der Waals surface area contributed by atoms with E-state index in [1.165, 1.54) is 5.57 Å². The topological polar surface area (TPSA) is 0 Å². The molecule has 0 saturated carbocycles. The number of allylic oxidation sites excluding steroid dienone is 4. The summed E-state index contributed by atoms with van der Waals surface area (Å²) in [5.74, 6) is 0. The predicted octanol–water partition coefficient (Wildman–Crippen LogP) is 4.37. The minimum absolute atomic E-state index is 0.360. The largest absolute Gasteiger partial charge is 0.143 e. The molecule has 0 fully saturated rings. The van der Waals surface area contributed by atoms with Crippen LogP contribution < -0.4 is 0 Å². The van der Waals surface area contributed by atoms with E-state index in [1.54, 1.807) is 6.08 Å². The third-order valence-electron chi connectivity index (χ3n) is 1.56. The van der Waals surface area contributed by atoms with Crippen LogP contribution in [0.2, 0.25) is 0 Å². The van der Waals surface area contributed by atoms with Gasteiger partial charge in [0.2, 0.25) is 0 Å². The summed E-state index contributed by atoms with van der Waals surface area (Å²) in [6, 6.07) is 0. The van der Waals surface area contributed by atoms with Crippen LogP contribution in [0.4, 0.5) is 0 Å². The van der Waals surface area contributed by atoms with Crippen molar-refractivity contribution >= 4 is 12.6 Å². The second-order valence-corrected chi connectivity index (χ2v) is 5.06. The summed E-state index contributed by atoms with van der Waals surface area (Å²) in [7, 11) is 0. The van der Waals surface area contributed by atoms with Crippen LogP contribution >= 0.6 is 12.6 Å². The third kappa shape index (κ3) is 7.92. The number of thiol groups is 1. The molecule has 1 heteroatoms. The molecule has 0 aromatic carbocycles. The van der Waals surface area contributed by atoms with Crippen molar-refractivity contribution in [2.45, 2.75) is 34.1 Å². The first-order valence-electron chi connectivity index (χ1n) is 4.54. The molecule has 0 aliphatic carbocycles. The van der Waals surface area contributed by atoms with Crippen LogP contribution in [0.5, 0.6) is 0 Å². The quantitative estimate of drug-likeness (QED) is 0.503. The lowest BCUT2D eigenvalue weighted by Gasteiger charge is -2.17. The van der Waals surface area contributed by atoms with Gasteiger partial charge in [-0.2, -0.15) is 0 Å². The Morgan fingerprint density at radius 3 is 2.23 bits per heavy atom. The van der Waals surface area contributed by atoms with Crippen LogP contribution in [0.25, 0.3) is 0 Å². The zero-order valence-electron chi connectivity index (χ0n) is 9.09. The van der Waals surface area contributed by atoms with Gasteiger partial charge in [0.15, 0.2) is 0 Å². The van der Waals surface area contributed by atoms with Crippen molar-refractivity contribution in [1.29, 1.82) is 0 Å². The van der Waals surface area contributed by atoms with E-state index >= 15 is 0 Å². The van der Waals surface area contributed by atoms with Crippen molar-refractivity contribution in [2.24, 2.45) is 5.41 Å². The maximum Gasteiger partial charge on any atom is 0.00340 e. The Hall–Kier alpha value is -0.430. The molecule has 0 aromatic heterocycles. The normalized spacial score (nSPS) is 14.5. The first-order valence-corrected chi connectivity index (χ1v) is 4.99. The molecule has 0 amide bonds. The molecule has 0 nitrogen and oxygen atoms in total. The van der Waals surface area contributed by atoms with E-state index in [0.717, 1.165) is 11.3 Å². The van der Waals surface area contributed by atoms with Crippen molar-refractivity contribution in [3.63, 3.8) is 0 Å². The fraction of sp³-hybridized carbons (Fsp3) is 0.500. The van der Waals surface area contributed by atoms with Crippen LogP contribution in [0.3, 0.4) is 0 Å². The van der Waals surface area contributed by atoms with Gasteiger partial charge in [0.25, 0.3) is 0 Å². The van der Waals surface area contributed by atoms with E-state index in [4.69, 9.17) is 0 Å². The van der Waals surface area contributed by atoms with E-state index in [9.17, 15) is 0 Å². The SMILES string of the molecule is C=C/C(S)=C\C=C(/C)CC(C)(C)C. The van der Waals surface area contributed by atoms with Gasteiger partial charge in [-0.05, 0) is 24.8 Å². The summed E-state index contributed by atoms with van der Waals surface area (Å²) in [6.45, 7) is 12.5. The van der Waals surface area contributed by atoms with Crippen molar-refractivity contribution in [1.82, 2.24) is 0 Å². The molecular formula is C12H20S. The molecule has 0 radical (unpaired) electrons. The fourth-order valence-electron chi connectivity index (χ4n) is 1.19. The molecule has 0 aliphatic heterocycles. The minimum atomic E-state index is 0.360. The highest BCUT2D eigenvalue weighted by atomic mass is 32.1. The highest BCUT2D eigenvalue weighted by molar-refractivity contribution is 7.84. The van der Waals surface area contributed by atoms with Gasteiger partial charge in [-0.3, -0.25) is 0 Å². The molecular weight excluding hydrogens is 176 g/mol. The van der Waals surface area contributed by atoms with Gasteiger partial charge in [0, 0.05) is 4.91 Å². The van der Waals surface area contributed by atoms with Crippen molar-refractivity contribution in [2.75, 3.05) is 0 Å². The van der Waals surface area contributed by atoms with Gasteiger partial charge in [0.05, 0.1) is 0 Å². The molecule has 0 saturated heterocycles. The molecule has 74 valence electrons. The molecule has 0 heterocycles. The Morgan fingerprint density at radius 1 is 1.31 bits per heavy atom. The second-order valence-electron chi connectivity index (χ2n) is 4.55. The van der Waals surface area contributed by atoms with Crippen molar-refractivity contribution in [3.05, 3.63) is 35.3 Å². The Bertz CT molecular complexity index is 226. The van der Waals surface area contributed by atoms with E-state index in [2.05, 4.69) is 53.0 Å². The van der Waals surface area contributed by atoms with E-state index in [-0.39, 0.29) is 0 Å². The molecule has 0 bridgehead atoms. The molecule has 0 rings (SSSR count). The molecule has 0 spiro atoms. The van der Waals surface area contributed by atoms with E-state index in [1.807, 2.05) is 6.08 Å². The molecule has 0 unspecified atom stereocenters. The minimum Gasteiger partial charge on any atom is -0.143 e. The van der Waals surface area contributed by atoms with Gasteiger partial charge in [0.1, 0.15) is 0 Å². The Balaban J connectivity index is 4.27. The summed E-state index contributed by atoms with van der Waals surface area (Å²) < 4.78 is 0. The summed E-state index contributed by atoms with van der Waals surface area (Å²) in [4.78, 5) is 0.910. The second kappa shape index (κ2) is 5.33. The predicted molar refractivity (Wildman–Crippen MR) is 65.1 cm³/mol. The number of hydrogen-bond donors (Lipinski definition) is 1. The van der Waals surface area contributed by atoms with Crippen LogP contribution in [-0.4, -0.2) is 0 Å². The number of rotatable bonds is 3. The lowest BCUT2D eigenvalue weighted by Crippen LogP contribution is -2.04. The Kier molecular flexibility index (Phi) is 5.16. The molecule has 0 aromatic rings. The van der Waals surface area contributed by atoms with Gasteiger partial charge in [-0.25, -0.2) is 0 Å². The number of hydrogen-bond acceptors (Lipinski definition) is 1. The average Bonchev–Trinajstić information content (AvgIpc) is 1.97. The van der Waals surface area contributed by atoms with Gasteiger partial charge in [-0.15, -0.1) is 12.6 Å². The standard InChI is InChI=1S/C12H20S/c1-6-11(13)8-7-10(2)9-12(3,4)5/h6-8,13H,1,9H2,2-5H3/b10-7+,11-8+. The Labute approximate surface area is 87.8 Å². The smallest absolute Gasteiger partial charge is 0.00340 e. The van der Waals surface area contributed by atoms with Crippen LogP contribution in [0.1, 0.15) is 34.1 Å². The van der Waals surface area contributed by atoms with E-state index in [0.29, 0.717) is 5.41 Å². The zero-order chi connectivity index (χ0) is 10.5. The Morgan fingerprint density at radius 2 is 1.85 bits per heavy atom. The summed E-state index contributed by atoms with van der Waals surface area (Å²) in [5.41, 5.74) is 1.74. The maximum absolute atomic E-state index is 4.21. The molecule has 0 atom stereocenters. The maximum atomic E-state index is 4.21. The molecule has 0 aliphatic rings. The summed E-state index contributed by atoms with van der Waals surface area (Å²) in [6.07, 6.45) is 6.94. The summed E-state index contributed by atoms with van der Waals surface area (Å²) >= 11 is 4.21. The first kappa shape index (κ1) is 12.6. The molecule has 13 heavy (non-hydrogen) atoms. The van der Waals surface area contributed by atoms with E-state index < -0.39 is 0 Å². The highest BCUT2D eigenvalue weighted by Crippen LogP contribution is 2.23. The first-order chi connectivity index (χ1) is 5.85. The average molecular weight is 196 g/mol. The fourth-order valence-corrected chi connectivity index (χ4v) is 1.27. The summed E-state index contributed by atoms with van der Waals surface area (Å²) in [5, 5.41) is 0. The third-order valence-corrected chi connectivity index (χ3v) is 1.89. The van der Waals surface area contributed by atoms with Crippen molar-refractivity contribution in [3.8, 4) is 0 Å². The van der Waals surface area contributed by atoms with Crippen LogP contribution in [0, 0.1) is 5.41 Å². The van der Waals surface area contributed by atoms with Crippen molar-refractivity contribution < 1.29 is 0 Å². The lowest BCUT2D eigenvalue weighted by molar-refractivity contribution is 0.410. The van der Waals surface area contributed by atoms with Crippen LogP contribution in [-0.2, 0) is 0 Å². The zero-order valence-corrected chi connectivity index (χ0v) is 9.99.